The van der Waals surface area contributed by atoms with E-state index in [1.807, 2.05) is 4.90 Å². The number of hydrogen-bond donors (Lipinski definition) is 0. The second kappa shape index (κ2) is 7.95. The molecule has 118 valence electrons. The molecule has 1 heterocycles. The maximum atomic E-state index is 12.5. The molecule has 0 N–H and O–H groups in total. The van der Waals surface area contributed by atoms with Crippen molar-refractivity contribution >= 4 is 5.91 Å². The maximum Gasteiger partial charge on any atom is 0.253 e. The Kier molecular flexibility index (Phi) is 5.97. The zero-order valence-electron chi connectivity index (χ0n) is 13.6. The third-order valence-corrected chi connectivity index (χ3v) is 4.57. The molecule has 0 atom stereocenters. The summed E-state index contributed by atoms with van der Waals surface area (Å²) in [5.41, 5.74) is 1.27. The summed E-state index contributed by atoms with van der Waals surface area (Å²) in [5, 5.41) is 8.81. The molecule has 0 radical (unpaired) electrons. The van der Waals surface area contributed by atoms with Crippen LogP contribution in [0.5, 0.6) is 0 Å². The Bertz CT molecular complexity index is 520. The van der Waals surface area contributed by atoms with Crippen LogP contribution >= 0.6 is 0 Å². The SMILES string of the molecule is CCN(CC)CC1CCN(C(=O)c2ccc(C#N)cc2)CC1. The van der Waals surface area contributed by atoms with Gasteiger partial charge in [0.1, 0.15) is 0 Å². The van der Waals surface area contributed by atoms with Gasteiger partial charge in [-0.15, -0.1) is 0 Å². The van der Waals surface area contributed by atoms with Crippen molar-refractivity contribution in [1.29, 1.82) is 5.26 Å². The van der Waals surface area contributed by atoms with Gasteiger partial charge >= 0.3 is 0 Å². The van der Waals surface area contributed by atoms with Gasteiger partial charge in [-0.3, -0.25) is 4.79 Å². The highest BCUT2D eigenvalue weighted by Gasteiger charge is 2.24. The fourth-order valence-electron chi connectivity index (χ4n) is 3.04. The molecule has 1 aromatic carbocycles. The summed E-state index contributed by atoms with van der Waals surface area (Å²) in [6.45, 7) is 9.42. The van der Waals surface area contributed by atoms with E-state index in [2.05, 4.69) is 24.8 Å². The summed E-state index contributed by atoms with van der Waals surface area (Å²) < 4.78 is 0. The van der Waals surface area contributed by atoms with Gasteiger partial charge in [0.05, 0.1) is 11.6 Å². The van der Waals surface area contributed by atoms with Gasteiger partial charge in [0.2, 0.25) is 0 Å². The predicted octanol–water partition coefficient (Wildman–Crippen LogP) is 2.75. The summed E-state index contributed by atoms with van der Waals surface area (Å²) in [6, 6.07) is 9.00. The van der Waals surface area contributed by atoms with Crippen molar-refractivity contribution in [2.24, 2.45) is 5.92 Å². The predicted molar refractivity (Wildman–Crippen MR) is 87.6 cm³/mol. The van der Waals surface area contributed by atoms with Gasteiger partial charge in [-0.25, -0.2) is 0 Å². The van der Waals surface area contributed by atoms with Crippen LogP contribution in [-0.4, -0.2) is 48.4 Å². The minimum Gasteiger partial charge on any atom is -0.339 e. The number of benzene rings is 1. The normalized spacial score (nSPS) is 15.8. The van der Waals surface area contributed by atoms with E-state index in [4.69, 9.17) is 5.26 Å². The Labute approximate surface area is 133 Å². The number of carbonyl (C=O) groups is 1. The summed E-state index contributed by atoms with van der Waals surface area (Å²) in [5.74, 6) is 0.788. The third-order valence-electron chi connectivity index (χ3n) is 4.57. The third kappa shape index (κ3) is 4.08. The molecule has 0 aliphatic carbocycles. The Hall–Kier alpha value is -1.86. The van der Waals surface area contributed by atoms with Gasteiger partial charge in [-0.05, 0) is 56.1 Å². The van der Waals surface area contributed by atoms with E-state index in [-0.39, 0.29) is 5.91 Å². The van der Waals surface area contributed by atoms with Gasteiger partial charge in [0.15, 0.2) is 0 Å². The van der Waals surface area contributed by atoms with E-state index in [0.717, 1.165) is 45.6 Å². The summed E-state index contributed by atoms with van der Waals surface area (Å²) >= 11 is 0. The van der Waals surface area contributed by atoms with Crippen LogP contribution in [0.1, 0.15) is 42.6 Å². The molecule has 0 unspecified atom stereocenters. The second-order valence-electron chi connectivity index (χ2n) is 5.91. The lowest BCUT2D eigenvalue weighted by molar-refractivity contribution is 0.0669. The average Bonchev–Trinajstić information content (AvgIpc) is 2.59. The van der Waals surface area contributed by atoms with Gasteiger partial charge in [-0.1, -0.05) is 13.8 Å². The Balaban J connectivity index is 1.88. The smallest absolute Gasteiger partial charge is 0.253 e. The van der Waals surface area contributed by atoms with E-state index < -0.39 is 0 Å². The van der Waals surface area contributed by atoms with E-state index in [9.17, 15) is 4.79 Å². The van der Waals surface area contributed by atoms with Crippen LogP contribution < -0.4 is 0 Å². The molecule has 1 saturated heterocycles. The number of nitriles is 1. The Morgan fingerprint density at radius 1 is 1.23 bits per heavy atom. The minimum atomic E-state index is 0.0887. The number of carbonyl (C=O) groups excluding carboxylic acids is 1. The molecule has 0 spiro atoms. The first-order valence-corrected chi connectivity index (χ1v) is 8.19. The van der Waals surface area contributed by atoms with Gasteiger partial charge in [-0.2, -0.15) is 5.26 Å². The molecule has 1 aromatic rings. The first-order valence-electron chi connectivity index (χ1n) is 8.19. The summed E-state index contributed by atoms with van der Waals surface area (Å²) in [7, 11) is 0. The van der Waals surface area contributed by atoms with Crippen molar-refractivity contribution in [3.8, 4) is 6.07 Å². The van der Waals surface area contributed by atoms with Crippen LogP contribution in [-0.2, 0) is 0 Å². The maximum absolute atomic E-state index is 12.5. The van der Waals surface area contributed by atoms with Gasteiger partial charge in [0, 0.05) is 25.2 Å². The zero-order chi connectivity index (χ0) is 15.9. The molecule has 2 rings (SSSR count). The highest BCUT2D eigenvalue weighted by Crippen LogP contribution is 2.20. The first kappa shape index (κ1) is 16.5. The molecule has 0 bridgehead atoms. The van der Waals surface area contributed by atoms with E-state index in [1.165, 1.54) is 0 Å². The molecular formula is C18H25N3O. The summed E-state index contributed by atoms with van der Waals surface area (Å²) in [6.07, 6.45) is 2.16. The number of hydrogen-bond acceptors (Lipinski definition) is 3. The monoisotopic (exact) mass is 299 g/mol. The van der Waals surface area contributed by atoms with Crippen molar-refractivity contribution in [2.45, 2.75) is 26.7 Å². The molecule has 1 amide bonds. The van der Waals surface area contributed by atoms with E-state index >= 15 is 0 Å². The van der Waals surface area contributed by atoms with Crippen LogP contribution in [0.25, 0.3) is 0 Å². The van der Waals surface area contributed by atoms with Crippen LogP contribution in [0.15, 0.2) is 24.3 Å². The van der Waals surface area contributed by atoms with Crippen LogP contribution in [0.2, 0.25) is 0 Å². The van der Waals surface area contributed by atoms with Crippen molar-refractivity contribution in [1.82, 2.24) is 9.80 Å². The van der Waals surface area contributed by atoms with Crippen molar-refractivity contribution in [2.75, 3.05) is 32.7 Å². The van der Waals surface area contributed by atoms with E-state index in [0.29, 0.717) is 17.0 Å². The molecule has 22 heavy (non-hydrogen) atoms. The van der Waals surface area contributed by atoms with Crippen LogP contribution in [0, 0.1) is 17.2 Å². The zero-order valence-corrected chi connectivity index (χ0v) is 13.6. The molecule has 4 heteroatoms. The lowest BCUT2D eigenvalue weighted by atomic mass is 9.95. The molecule has 0 aromatic heterocycles. The van der Waals surface area contributed by atoms with Gasteiger partial charge < -0.3 is 9.80 Å². The number of rotatable bonds is 5. The highest BCUT2D eigenvalue weighted by molar-refractivity contribution is 5.94. The Morgan fingerprint density at radius 3 is 2.32 bits per heavy atom. The number of nitrogens with zero attached hydrogens (tertiary/aromatic N) is 3. The lowest BCUT2D eigenvalue weighted by Crippen LogP contribution is -2.41. The lowest BCUT2D eigenvalue weighted by Gasteiger charge is -2.34. The quantitative estimate of drug-likeness (QED) is 0.840. The molecule has 1 aliphatic heterocycles. The Morgan fingerprint density at radius 2 is 1.82 bits per heavy atom. The van der Waals surface area contributed by atoms with E-state index in [1.54, 1.807) is 24.3 Å². The molecule has 1 fully saturated rings. The molecule has 0 saturated carbocycles. The minimum absolute atomic E-state index is 0.0887. The van der Waals surface area contributed by atoms with Crippen molar-refractivity contribution < 1.29 is 4.79 Å². The molecule has 1 aliphatic rings. The average molecular weight is 299 g/mol. The van der Waals surface area contributed by atoms with Gasteiger partial charge in [0.25, 0.3) is 5.91 Å². The van der Waals surface area contributed by atoms with Crippen molar-refractivity contribution in [3.05, 3.63) is 35.4 Å². The first-order chi connectivity index (χ1) is 10.7. The number of likely N-dealkylation sites (tertiary alicyclic amines) is 1. The molecule has 4 nitrogen and oxygen atoms in total. The molecular weight excluding hydrogens is 274 g/mol. The topological polar surface area (TPSA) is 47.3 Å². The standard InChI is InChI=1S/C18H25N3O/c1-3-20(4-2)14-16-9-11-21(12-10-16)18(22)17-7-5-15(13-19)6-8-17/h5-8,16H,3-4,9-12,14H2,1-2H3. The number of piperidine rings is 1. The second-order valence-corrected chi connectivity index (χ2v) is 5.91. The van der Waals surface area contributed by atoms with Crippen molar-refractivity contribution in [3.63, 3.8) is 0 Å². The summed E-state index contributed by atoms with van der Waals surface area (Å²) in [4.78, 5) is 16.9. The van der Waals surface area contributed by atoms with Crippen LogP contribution in [0.3, 0.4) is 0 Å². The highest BCUT2D eigenvalue weighted by atomic mass is 16.2. The number of amides is 1. The van der Waals surface area contributed by atoms with Crippen LogP contribution in [0.4, 0.5) is 0 Å². The fraction of sp³-hybridized carbons (Fsp3) is 0.556. The fourth-order valence-corrected chi connectivity index (χ4v) is 3.04. The largest absolute Gasteiger partial charge is 0.339 e.